The molecule has 1 aromatic carbocycles. The van der Waals surface area contributed by atoms with Crippen LogP contribution in [0.15, 0.2) is 30.3 Å². The summed E-state index contributed by atoms with van der Waals surface area (Å²) in [5.41, 5.74) is 6.90. The molecule has 108 valence electrons. The first kappa shape index (κ1) is 16.1. The average Bonchev–Trinajstić information content (AvgIpc) is 2.34. The summed E-state index contributed by atoms with van der Waals surface area (Å²) in [6, 6.07) is 9.17. The number of rotatable bonds is 6. The van der Waals surface area contributed by atoms with Crippen LogP contribution in [-0.2, 0) is 10.0 Å². The second-order valence-electron chi connectivity index (χ2n) is 6.00. The van der Waals surface area contributed by atoms with E-state index in [1.807, 2.05) is 51.1 Å². The van der Waals surface area contributed by atoms with Crippen molar-refractivity contribution in [3.05, 3.63) is 35.9 Å². The zero-order valence-corrected chi connectivity index (χ0v) is 12.7. The van der Waals surface area contributed by atoms with Crippen LogP contribution in [0.2, 0.25) is 0 Å². The van der Waals surface area contributed by atoms with E-state index in [0.717, 1.165) is 5.56 Å². The summed E-state index contributed by atoms with van der Waals surface area (Å²) in [4.78, 5) is 0. The highest BCUT2D eigenvalue weighted by Crippen LogP contribution is 2.19. The number of hydrogen-bond donors (Lipinski definition) is 2. The van der Waals surface area contributed by atoms with Crippen LogP contribution in [0, 0.1) is 5.41 Å². The van der Waals surface area contributed by atoms with Crippen LogP contribution < -0.4 is 10.5 Å². The van der Waals surface area contributed by atoms with E-state index in [-0.39, 0.29) is 23.8 Å². The van der Waals surface area contributed by atoms with Crippen molar-refractivity contribution in [2.75, 3.05) is 12.3 Å². The lowest BCUT2D eigenvalue weighted by molar-refractivity contribution is 0.396. The van der Waals surface area contributed by atoms with Crippen LogP contribution in [0.4, 0.5) is 0 Å². The maximum absolute atomic E-state index is 11.8. The number of sulfonamides is 1. The maximum Gasteiger partial charge on any atom is 0.211 e. The van der Waals surface area contributed by atoms with Gasteiger partial charge < -0.3 is 5.73 Å². The summed E-state index contributed by atoms with van der Waals surface area (Å²) in [5, 5.41) is 0. The number of nitrogens with one attached hydrogen (secondary N) is 1. The fourth-order valence-electron chi connectivity index (χ4n) is 1.55. The topological polar surface area (TPSA) is 72.2 Å². The van der Waals surface area contributed by atoms with Gasteiger partial charge in [0.05, 0.1) is 5.75 Å². The lowest BCUT2D eigenvalue weighted by Crippen LogP contribution is -2.34. The molecule has 3 N–H and O–H groups in total. The van der Waals surface area contributed by atoms with Gasteiger partial charge in [0, 0.05) is 12.6 Å². The van der Waals surface area contributed by atoms with Crippen molar-refractivity contribution < 1.29 is 8.42 Å². The standard InChI is InChI=1S/C14H24N2O2S/c1-14(2,3)9-10-19(17,18)16-11-13(15)12-7-5-4-6-8-12/h4-8,13,16H,9-11,15H2,1-3H3/t13-/m0/s1. The smallest absolute Gasteiger partial charge is 0.211 e. The molecule has 0 fully saturated rings. The highest BCUT2D eigenvalue weighted by atomic mass is 32.2. The summed E-state index contributed by atoms with van der Waals surface area (Å²) >= 11 is 0. The van der Waals surface area contributed by atoms with Gasteiger partial charge in [-0.15, -0.1) is 0 Å². The Balaban J connectivity index is 2.47. The third-order valence-corrected chi connectivity index (χ3v) is 4.22. The molecule has 0 amide bonds. The predicted octanol–water partition coefficient (Wildman–Crippen LogP) is 2.04. The average molecular weight is 284 g/mol. The Kier molecular flexibility index (Phi) is 5.52. The largest absolute Gasteiger partial charge is 0.323 e. The van der Waals surface area contributed by atoms with Crippen molar-refractivity contribution in [2.24, 2.45) is 11.1 Å². The molecule has 1 atom stereocenters. The van der Waals surface area contributed by atoms with Crippen molar-refractivity contribution in [3.8, 4) is 0 Å². The van der Waals surface area contributed by atoms with Gasteiger partial charge >= 0.3 is 0 Å². The highest BCUT2D eigenvalue weighted by molar-refractivity contribution is 7.89. The lowest BCUT2D eigenvalue weighted by atomic mass is 9.94. The Morgan fingerprint density at radius 1 is 1.21 bits per heavy atom. The molecular formula is C14H24N2O2S. The van der Waals surface area contributed by atoms with Gasteiger partial charge in [0.1, 0.15) is 0 Å². The molecule has 0 bridgehead atoms. The molecule has 5 heteroatoms. The van der Waals surface area contributed by atoms with Crippen molar-refractivity contribution in [1.29, 1.82) is 0 Å². The molecule has 4 nitrogen and oxygen atoms in total. The monoisotopic (exact) mass is 284 g/mol. The molecule has 0 saturated carbocycles. The molecule has 0 aliphatic rings. The first-order valence-corrected chi connectivity index (χ1v) is 8.13. The fourth-order valence-corrected chi connectivity index (χ4v) is 3.01. The van der Waals surface area contributed by atoms with Crippen LogP contribution in [0.25, 0.3) is 0 Å². The summed E-state index contributed by atoms with van der Waals surface area (Å²) in [5.74, 6) is 0.137. The first-order chi connectivity index (χ1) is 8.70. The molecule has 0 aromatic heterocycles. The minimum absolute atomic E-state index is 0.0102. The molecule has 1 rings (SSSR count). The zero-order chi connectivity index (χ0) is 14.5. The predicted molar refractivity (Wildman–Crippen MR) is 79.2 cm³/mol. The van der Waals surface area contributed by atoms with E-state index in [9.17, 15) is 8.42 Å². The summed E-state index contributed by atoms with van der Waals surface area (Å²) in [7, 11) is -3.25. The van der Waals surface area contributed by atoms with Crippen LogP contribution in [0.1, 0.15) is 38.8 Å². The van der Waals surface area contributed by atoms with Crippen molar-refractivity contribution in [2.45, 2.75) is 33.2 Å². The summed E-state index contributed by atoms with van der Waals surface area (Å²) < 4.78 is 26.3. The van der Waals surface area contributed by atoms with Crippen molar-refractivity contribution in [3.63, 3.8) is 0 Å². The highest BCUT2D eigenvalue weighted by Gasteiger charge is 2.18. The molecule has 0 radical (unpaired) electrons. The Morgan fingerprint density at radius 3 is 2.32 bits per heavy atom. The van der Waals surface area contributed by atoms with E-state index in [1.54, 1.807) is 0 Å². The Labute approximate surface area is 116 Å². The third-order valence-electron chi connectivity index (χ3n) is 2.87. The summed E-state index contributed by atoms with van der Waals surface area (Å²) in [6.07, 6.45) is 0.628. The molecule has 0 spiro atoms. The van der Waals surface area contributed by atoms with Gasteiger partial charge in [0.25, 0.3) is 0 Å². The molecular weight excluding hydrogens is 260 g/mol. The van der Waals surface area contributed by atoms with Crippen LogP contribution in [0.3, 0.4) is 0 Å². The van der Waals surface area contributed by atoms with Gasteiger partial charge in [-0.2, -0.15) is 0 Å². The van der Waals surface area contributed by atoms with Crippen LogP contribution in [0.5, 0.6) is 0 Å². The minimum atomic E-state index is -3.25. The minimum Gasteiger partial charge on any atom is -0.323 e. The fraction of sp³-hybridized carbons (Fsp3) is 0.571. The zero-order valence-electron chi connectivity index (χ0n) is 11.9. The van der Waals surface area contributed by atoms with Gasteiger partial charge in [-0.3, -0.25) is 0 Å². The quantitative estimate of drug-likeness (QED) is 0.839. The molecule has 19 heavy (non-hydrogen) atoms. The van der Waals surface area contributed by atoms with Crippen LogP contribution >= 0.6 is 0 Å². The maximum atomic E-state index is 11.8. The number of benzene rings is 1. The van der Waals surface area contributed by atoms with Gasteiger partial charge in [-0.1, -0.05) is 51.1 Å². The number of nitrogens with two attached hydrogens (primary N) is 1. The molecule has 0 heterocycles. The van der Waals surface area contributed by atoms with E-state index in [2.05, 4.69) is 4.72 Å². The molecule has 0 aliphatic carbocycles. The van der Waals surface area contributed by atoms with E-state index in [0.29, 0.717) is 6.42 Å². The Bertz CT molecular complexity index is 478. The summed E-state index contributed by atoms with van der Waals surface area (Å²) in [6.45, 7) is 6.31. The molecule has 1 aromatic rings. The third kappa shape index (κ3) is 6.71. The van der Waals surface area contributed by atoms with E-state index < -0.39 is 10.0 Å². The Hall–Kier alpha value is -0.910. The van der Waals surface area contributed by atoms with E-state index in [4.69, 9.17) is 5.73 Å². The van der Waals surface area contributed by atoms with Crippen molar-refractivity contribution in [1.82, 2.24) is 4.72 Å². The van der Waals surface area contributed by atoms with Gasteiger partial charge in [-0.25, -0.2) is 13.1 Å². The van der Waals surface area contributed by atoms with E-state index in [1.165, 1.54) is 0 Å². The SMILES string of the molecule is CC(C)(C)CCS(=O)(=O)NC[C@H](N)c1ccccc1. The second kappa shape index (κ2) is 6.50. The van der Waals surface area contributed by atoms with E-state index >= 15 is 0 Å². The van der Waals surface area contributed by atoms with Crippen LogP contribution in [-0.4, -0.2) is 20.7 Å². The molecule has 0 saturated heterocycles. The lowest BCUT2D eigenvalue weighted by Gasteiger charge is -2.19. The molecule has 0 aliphatic heterocycles. The van der Waals surface area contributed by atoms with Gasteiger partial charge in [-0.05, 0) is 17.4 Å². The van der Waals surface area contributed by atoms with Gasteiger partial charge in [0.2, 0.25) is 10.0 Å². The number of hydrogen-bond acceptors (Lipinski definition) is 3. The van der Waals surface area contributed by atoms with Crippen molar-refractivity contribution >= 4 is 10.0 Å². The molecule has 0 unspecified atom stereocenters. The Morgan fingerprint density at radius 2 is 1.79 bits per heavy atom. The first-order valence-electron chi connectivity index (χ1n) is 6.47. The normalized spacial score (nSPS) is 14.3. The second-order valence-corrected chi connectivity index (χ2v) is 7.92. The van der Waals surface area contributed by atoms with Gasteiger partial charge in [0.15, 0.2) is 0 Å².